The summed E-state index contributed by atoms with van der Waals surface area (Å²) in [5.41, 5.74) is -0.189. The lowest BCUT2D eigenvalue weighted by molar-refractivity contribution is -0.128. The maximum atomic E-state index is 11.5. The van der Waals surface area contributed by atoms with Crippen LogP contribution in [0.5, 0.6) is 0 Å². The molecule has 1 aliphatic rings. The van der Waals surface area contributed by atoms with Gasteiger partial charge in [0.05, 0.1) is 11.5 Å². The normalized spacial score (nSPS) is 17.6. The van der Waals surface area contributed by atoms with Gasteiger partial charge in [-0.05, 0) is 32.1 Å². The Kier molecular flexibility index (Phi) is 3.93. The number of hydrogen-bond acceptors (Lipinski definition) is 3. The summed E-state index contributed by atoms with van der Waals surface area (Å²) in [6.07, 6.45) is 2.89. The average Bonchev–Trinajstić information content (AvgIpc) is 2.97. The Morgan fingerprint density at radius 2 is 2.12 bits per heavy atom. The molecule has 16 heavy (non-hydrogen) atoms. The molecule has 1 saturated carbocycles. The van der Waals surface area contributed by atoms with E-state index in [1.165, 1.54) is 0 Å². The third kappa shape index (κ3) is 3.21. The molecule has 0 spiro atoms. The van der Waals surface area contributed by atoms with Gasteiger partial charge in [0.2, 0.25) is 5.91 Å². The first-order valence-electron chi connectivity index (χ1n) is 5.76. The van der Waals surface area contributed by atoms with E-state index in [0.29, 0.717) is 13.0 Å². The van der Waals surface area contributed by atoms with Gasteiger partial charge < -0.3 is 10.6 Å². The van der Waals surface area contributed by atoms with Gasteiger partial charge in [0.25, 0.3) is 0 Å². The second-order valence-corrected chi connectivity index (χ2v) is 5.40. The molecule has 0 saturated heterocycles. The highest BCUT2D eigenvalue weighted by atomic mass is 16.2. The van der Waals surface area contributed by atoms with Crippen molar-refractivity contribution in [3.63, 3.8) is 0 Å². The Morgan fingerprint density at radius 3 is 2.56 bits per heavy atom. The second-order valence-electron chi connectivity index (χ2n) is 5.40. The third-order valence-corrected chi connectivity index (χ3v) is 3.32. The highest BCUT2D eigenvalue weighted by Crippen LogP contribution is 2.47. The number of nitrogens with one attached hydrogen (secondary N) is 2. The fraction of sp³-hybridized carbons (Fsp3) is 0.833. The van der Waals surface area contributed by atoms with Crippen LogP contribution >= 0.6 is 0 Å². The minimum absolute atomic E-state index is 0.0464. The molecule has 0 aromatic carbocycles. The molecule has 90 valence electrons. The summed E-state index contributed by atoms with van der Waals surface area (Å²) < 4.78 is 0. The van der Waals surface area contributed by atoms with Crippen molar-refractivity contribution in [2.45, 2.75) is 33.1 Å². The Labute approximate surface area is 97.4 Å². The molecule has 0 unspecified atom stereocenters. The summed E-state index contributed by atoms with van der Waals surface area (Å²) in [6.45, 7) is 5.34. The van der Waals surface area contributed by atoms with Gasteiger partial charge in [-0.3, -0.25) is 4.79 Å². The first-order valence-corrected chi connectivity index (χ1v) is 5.76. The van der Waals surface area contributed by atoms with Gasteiger partial charge in [0.1, 0.15) is 0 Å². The van der Waals surface area contributed by atoms with E-state index in [-0.39, 0.29) is 11.3 Å². The molecule has 1 amide bonds. The maximum absolute atomic E-state index is 11.5. The van der Waals surface area contributed by atoms with Gasteiger partial charge in [0, 0.05) is 26.6 Å². The van der Waals surface area contributed by atoms with Crippen LogP contribution in [-0.2, 0) is 4.79 Å². The molecule has 0 aliphatic heterocycles. The van der Waals surface area contributed by atoms with Gasteiger partial charge in [-0.25, -0.2) is 0 Å². The number of nitrogens with zero attached hydrogens (tertiary/aromatic N) is 1. The van der Waals surface area contributed by atoms with Gasteiger partial charge in [-0.15, -0.1) is 0 Å². The van der Waals surface area contributed by atoms with Crippen LogP contribution in [-0.4, -0.2) is 26.0 Å². The Balaban J connectivity index is 2.30. The van der Waals surface area contributed by atoms with Gasteiger partial charge >= 0.3 is 0 Å². The van der Waals surface area contributed by atoms with Crippen molar-refractivity contribution >= 4 is 5.91 Å². The molecular formula is C12H21N3O. The number of carbonyl (C=O) groups excluding carboxylic acids is 1. The van der Waals surface area contributed by atoms with Crippen molar-refractivity contribution in [2.75, 3.05) is 20.1 Å². The van der Waals surface area contributed by atoms with Crippen molar-refractivity contribution in [1.82, 2.24) is 10.6 Å². The van der Waals surface area contributed by atoms with Crippen LogP contribution in [0.25, 0.3) is 0 Å². The molecule has 4 heteroatoms. The number of hydrogen-bond donors (Lipinski definition) is 2. The minimum Gasteiger partial charge on any atom is -0.359 e. The third-order valence-electron chi connectivity index (χ3n) is 3.32. The van der Waals surface area contributed by atoms with E-state index in [1.54, 1.807) is 7.05 Å². The van der Waals surface area contributed by atoms with Crippen molar-refractivity contribution in [1.29, 1.82) is 5.26 Å². The molecule has 1 aliphatic carbocycles. The van der Waals surface area contributed by atoms with Gasteiger partial charge in [-0.2, -0.15) is 5.26 Å². The van der Waals surface area contributed by atoms with Crippen LogP contribution < -0.4 is 10.6 Å². The lowest BCUT2D eigenvalue weighted by Crippen LogP contribution is -2.43. The SMILES string of the molecule is CNC(=O)C(C)(C)CNCC1(CC#N)CC1. The Hall–Kier alpha value is -1.08. The zero-order valence-electron chi connectivity index (χ0n) is 10.4. The van der Waals surface area contributed by atoms with Crippen molar-refractivity contribution < 1.29 is 4.79 Å². The monoisotopic (exact) mass is 223 g/mol. The molecular weight excluding hydrogens is 202 g/mol. The van der Waals surface area contributed by atoms with E-state index in [9.17, 15) is 4.79 Å². The predicted molar refractivity (Wildman–Crippen MR) is 62.6 cm³/mol. The van der Waals surface area contributed by atoms with E-state index >= 15 is 0 Å². The quantitative estimate of drug-likeness (QED) is 0.707. The number of amides is 1. The van der Waals surface area contributed by atoms with Crippen molar-refractivity contribution in [3.05, 3.63) is 0 Å². The van der Waals surface area contributed by atoms with Gasteiger partial charge in [0.15, 0.2) is 0 Å². The molecule has 0 atom stereocenters. The lowest BCUT2D eigenvalue weighted by atomic mass is 9.92. The van der Waals surface area contributed by atoms with Gasteiger partial charge in [-0.1, -0.05) is 0 Å². The Bertz CT molecular complexity index is 300. The second kappa shape index (κ2) is 4.84. The van der Waals surface area contributed by atoms with E-state index in [1.807, 2.05) is 13.8 Å². The molecule has 0 heterocycles. The summed E-state index contributed by atoms with van der Waals surface area (Å²) in [4.78, 5) is 11.5. The van der Waals surface area contributed by atoms with Crippen molar-refractivity contribution in [3.8, 4) is 6.07 Å². The zero-order chi connectivity index (χ0) is 12.2. The average molecular weight is 223 g/mol. The lowest BCUT2D eigenvalue weighted by Gasteiger charge is -2.24. The number of carbonyl (C=O) groups is 1. The maximum Gasteiger partial charge on any atom is 0.226 e. The molecule has 1 rings (SSSR count). The molecule has 0 aromatic heterocycles. The molecule has 0 bridgehead atoms. The largest absolute Gasteiger partial charge is 0.359 e. The predicted octanol–water partition coefficient (Wildman–Crippen LogP) is 1.04. The highest BCUT2D eigenvalue weighted by molar-refractivity contribution is 5.81. The summed E-state index contributed by atoms with van der Waals surface area (Å²) >= 11 is 0. The van der Waals surface area contributed by atoms with Crippen LogP contribution in [0.15, 0.2) is 0 Å². The summed E-state index contributed by atoms with van der Waals surface area (Å²) in [5, 5.41) is 14.7. The van der Waals surface area contributed by atoms with Crippen LogP contribution in [0.1, 0.15) is 33.1 Å². The van der Waals surface area contributed by atoms with Crippen LogP contribution in [0.2, 0.25) is 0 Å². The Morgan fingerprint density at radius 1 is 1.50 bits per heavy atom. The molecule has 4 nitrogen and oxygen atoms in total. The first-order chi connectivity index (χ1) is 7.46. The number of nitriles is 1. The summed E-state index contributed by atoms with van der Waals surface area (Å²) in [7, 11) is 1.65. The molecule has 0 aromatic rings. The summed E-state index contributed by atoms with van der Waals surface area (Å²) in [6, 6.07) is 2.23. The fourth-order valence-electron chi connectivity index (χ4n) is 1.82. The standard InChI is InChI=1S/C12H21N3O/c1-11(2,10(16)14-3)8-15-9-12(4-5-12)6-7-13/h15H,4-6,8-9H2,1-3H3,(H,14,16). The van der Waals surface area contributed by atoms with E-state index in [0.717, 1.165) is 19.4 Å². The van der Waals surface area contributed by atoms with Crippen LogP contribution in [0.4, 0.5) is 0 Å². The van der Waals surface area contributed by atoms with E-state index < -0.39 is 5.41 Å². The molecule has 2 N–H and O–H groups in total. The van der Waals surface area contributed by atoms with Crippen LogP contribution in [0, 0.1) is 22.2 Å². The van der Waals surface area contributed by atoms with Crippen LogP contribution in [0.3, 0.4) is 0 Å². The van der Waals surface area contributed by atoms with E-state index in [4.69, 9.17) is 5.26 Å². The molecule has 1 fully saturated rings. The number of rotatable bonds is 6. The first kappa shape index (κ1) is 13.0. The summed E-state index contributed by atoms with van der Waals surface area (Å²) in [5.74, 6) is 0.0464. The zero-order valence-corrected chi connectivity index (χ0v) is 10.4. The highest BCUT2D eigenvalue weighted by Gasteiger charge is 2.42. The minimum atomic E-state index is -0.391. The fourth-order valence-corrected chi connectivity index (χ4v) is 1.82. The smallest absolute Gasteiger partial charge is 0.226 e. The topological polar surface area (TPSA) is 64.9 Å². The molecule has 0 radical (unpaired) electrons. The van der Waals surface area contributed by atoms with E-state index in [2.05, 4.69) is 16.7 Å². The van der Waals surface area contributed by atoms with Crippen molar-refractivity contribution in [2.24, 2.45) is 10.8 Å².